The Morgan fingerprint density at radius 3 is 1.55 bits per heavy atom. The molecule has 0 spiro atoms. The third kappa shape index (κ3) is 6.62. The average Bonchev–Trinajstić information content (AvgIpc) is 3.51. The molecule has 196 valence electrons. The number of Topliss-reactive ketones (excluding diaryl/α,β-unsaturated/α-hetero) is 2. The van der Waals surface area contributed by atoms with Gasteiger partial charge in [-0.25, -0.2) is 0 Å². The number of hydrogen-bond donors (Lipinski definition) is 0. The third-order valence-electron chi connectivity index (χ3n) is 6.84. The van der Waals surface area contributed by atoms with Gasteiger partial charge >= 0.3 is 0 Å². The number of ketones is 2. The summed E-state index contributed by atoms with van der Waals surface area (Å²) in [4.78, 5) is 24.7. The lowest BCUT2D eigenvalue weighted by Crippen LogP contribution is -2.17. The zero-order valence-corrected chi connectivity index (χ0v) is 21.6. The van der Waals surface area contributed by atoms with E-state index >= 15 is 0 Å². The van der Waals surface area contributed by atoms with Gasteiger partial charge in [-0.2, -0.15) is 20.4 Å². The number of carbonyl (C=O) groups is 2. The van der Waals surface area contributed by atoms with Crippen LogP contribution in [0.4, 0.5) is 0 Å². The molecule has 1 saturated carbocycles. The van der Waals surface area contributed by atoms with Crippen LogP contribution in [-0.4, -0.2) is 42.3 Å². The van der Waals surface area contributed by atoms with E-state index < -0.39 is 0 Å². The summed E-state index contributed by atoms with van der Waals surface area (Å²) < 4.78 is 10.3. The van der Waals surface area contributed by atoms with Crippen molar-refractivity contribution in [2.75, 3.05) is 0 Å². The van der Waals surface area contributed by atoms with Gasteiger partial charge < -0.3 is 9.05 Å². The van der Waals surface area contributed by atoms with Crippen molar-refractivity contribution in [3.05, 3.63) is 82.1 Å². The molecule has 0 bridgehead atoms. The number of carbonyl (C=O) groups excluding carboxylic acids is 2. The molecular formula is C28H30N6O4. The van der Waals surface area contributed by atoms with Crippen molar-refractivity contribution in [2.45, 2.75) is 77.0 Å². The Morgan fingerprint density at radius 1 is 0.711 bits per heavy atom. The molecule has 5 rings (SSSR count). The predicted octanol–water partition coefficient (Wildman–Crippen LogP) is 4.01. The number of rotatable bonds is 10. The first kappa shape index (κ1) is 25.6. The van der Waals surface area contributed by atoms with Crippen molar-refractivity contribution in [1.29, 1.82) is 0 Å². The van der Waals surface area contributed by atoms with Crippen LogP contribution in [0.15, 0.2) is 45.4 Å². The predicted molar refractivity (Wildman–Crippen MR) is 135 cm³/mol. The Labute approximate surface area is 220 Å². The molecule has 10 heteroatoms. The van der Waals surface area contributed by atoms with E-state index in [1.807, 2.05) is 38.1 Å². The Balaban J connectivity index is 1.14. The van der Waals surface area contributed by atoms with E-state index in [4.69, 9.17) is 9.05 Å². The molecule has 0 aromatic carbocycles. The van der Waals surface area contributed by atoms with Crippen molar-refractivity contribution in [3.63, 3.8) is 0 Å². The maximum atomic E-state index is 12.3. The monoisotopic (exact) mass is 514 g/mol. The smallest absolute Gasteiger partial charge is 0.146 e. The molecule has 0 saturated heterocycles. The summed E-state index contributed by atoms with van der Waals surface area (Å²) in [7, 11) is 0. The lowest BCUT2D eigenvalue weighted by atomic mass is 9.78. The summed E-state index contributed by atoms with van der Waals surface area (Å²) in [5, 5.41) is 25.2. The molecule has 0 unspecified atom stereocenters. The van der Waals surface area contributed by atoms with Gasteiger partial charge in [-0.3, -0.25) is 9.59 Å². The van der Waals surface area contributed by atoms with Crippen LogP contribution in [0.25, 0.3) is 0 Å². The SMILES string of the molecule is Cc1cc(CC(=O)Cc2ccc([C@H]3CCC[C@H](c4ccc(CC(=O)Cc5cc(C)no5)nn4)C3)nn2)on1. The van der Waals surface area contributed by atoms with Gasteiger partial charge in [0.1, 0.15) is 23.1 Å². The molecule has 0 radical (unpaired) electrons. The van der Waals surface area contributed by atoms with E-state index in [0.29, 0.717) is 22.9 Å². The highest BCUT2D eigenvalue weighted by Crippen LogP contribution is 2.39. The summed E-state index contributed by atoms with van der Waals surface area (Å²) in [6.07, 6.45) is 4.87. The maximum absolute atomic E-state index is 12.3. The van der Waals surface area contributed by atoms with E-state index in [1.54, 1.807) is 12.1 Å². The zero-order valence-electron chi connectivity index (χ0n) is 21.6. The van der Waals surface area contributed by atoms with Crippen LogP contribution < -0.4 is 0 Å². The third-order valence-corrected chi connectivity index (χ3v) is 6.84. The maximum Gasteiger partial charge on any atom is 0.146 e. The summed E-state index contributed by atoms with van der Waals surface area (Å²) in [6.45, 7) is 3.65. The molecule has 10 nitrogen and oxygen atoms in total. The van der Waals surface area contributed by atoms with E-state index in [9.17, 15) is 9.59 Å². The summed E-state index contributed by atoms with van der Waals surface area (Å²) in [5.74, 6) is 1.70. The first-order valence-corrected chi connectivity index (χ1v) is 12.9. The Bertz CT molecular complexity index is 1290. The molecule has 38 heavy (non-hydrogen) atoms. The van der Waals surface area contributed by atoms with Crippen molar-refractivity contribution in [2.24, 2.45) is 0 Å². The topological polar surface area (TPSA) is 138 Å². The number of aromatic nitrogens is 6. The fourth-order valence-corrected chi connectivity index (χ4v) is 5.01. The molecule has 2 atom stereocenters. The molecule has 1 fully saturated rings. The standard InChI is InChI=1S/C28H30N6O4/c1-17-10-25(37-33-17)15-23(35)13-21-6-8-27(31-29-21)19-4-3-5-20(12-19)28-9-7-22(30-32-28)14-24(36)16-26-11-18(2)34-38-26/h6-11,19-20H,3-5,12-16H2,1-2H3/t19-,20-/m0/s1. The molecule has 4 aromatic rings. The molecule has 0 aliphatic heterocycles. The van der Waals surface area contributed by atoms with E-state index in [1.165, 1.54) is 0 Å². The van der Waals surface area contributed by atoms with Gasteiger partial charge in [-0.1, -0.05) is 16.7 Å². The highest BCUT2D eigenvalue weighted by molar-refractivity contribution is 5.82. The summed E-state index contributed by atoms with van der Waals surface area (Å²) in [6, 6.07) is 11.3. The van der Waals surface area contributed by atoms with Crippen LogP contribution in [0.2, 0.25) is 0 Å². The normalized spacial score (nSPS) is 17.4. The Kier molecular flexibility index (Phi) is 7.76. The van der Waals surface area contributed by atoms with E-state index in [0.717, 1.165) is 48.5 Å². The highest BCUT2D eigenvalue weighted by atomic mass is 16.5. The second-order valence-electron chi connectivity index (χ2n) is 10.1. The summed E-state index contributed by atoms with van der Waals surface area (Å²) in [5.41, 5.74) is 4.69. The molecule has 4 heterocycles. The van der Waals surface area contributed by atoms with Gasteiger partial charge in [0.05, 0.1) is 59.8 Å². The van der Waals surface area contributed by atoms with E-state index in [2.05, 4.69) is 30.7 Å². The molecule has 4 aromatic heterocycles. The molecule has 1 aliphatic carbocycles. The minimum Gasteiger partial charge on any atom is -0.361 e. The Hall–Kier alpha value is -4.08. The quantitative estimate of drug-likeness (QED) is 0.305. The number of hydrogen-bond acceptors (Lipinski definition) is 10. The van der Waals surface area contributed by atoms with Crippen molar-refractivity contribution < 1.29 is 18.6 Å². The van der Waals surface area contributed by atoms with Crippen molar-refractivity contribution >= 4 is 11.6 Å². The minimum atomic E-state index is 0.0118. The van der Waals surface area contributed by atoms with Gasteiger partial charge in [0.15, 0.2) is 0 Å². The first-order chi connectivity index (χ1) is 18.4. The molecular weight excluding hydrogens is 484 g/mol. The second kappa shape index (κ2) is 11.5. The molecule has 1 aliphatic rings. The largest absolute Gasteiger partial charge is 0.361 e. The highest BCUT2D eigenvalue weighted by Gasteiger charge is 2.27. The van der Waals surface area contributed by atoms with Crippen LogP contribution in [0.1, 0.15) is 83.2 Å². The lowest BCUT2D eigenvalue weighted by Gasteiger charge is -2.28. The first-order valence-electron chi connectivity index (χ1n) is 12.9. The lowest BCUT2D eigenvalue weighted by molar-refractivity contribution is -0.119. The van der Waals surface area contributed by atoms with Crippen LogP contribution in [-0.2, 0) is 35.3 Å². The van der Waals surface area contributed by atoms with Crippen molar-refractivity contribution in [3.8, 4) is 0 Å². The van der Waals surface area contributed by atoms with Crippen LogP contribution >= 0.6 is 0 Å². The van der Waals surface area contributed by atoms with Crippen molar-refractivity contribution in [1.82, 2.24) is 30.7 Å². The zero-order chi connectivity index (χ0) is 26.5. The van der Waals surface area contributed by atoms with Crippen LogP contribution in [0, 0.1) is 13.8 Å². The molecule has 0 amide bonds. The average molecular weight is 515 g/mol. The second-order valence-corrected chi connectivity index (χ2v) is 10.1. The molecule has 0 N–H and O–H groups in total. The minimum absolute atomic E-state index is 0.0118. The van der Waals surface area contributed by atoms with Gasteiger partial charge in [0.2, 0.25) is 0 Å². The summed E-state index contributed by atoms with van der Waals surface area (Å²) >= 11 is 0. The van der Waals surface area contributed by atoms with Crippen LogP contribution in [0.5, 0.6) is 0 Å². The van der Waals surface area contributed by atoms with Gasteiger partial charge in [0.25, 0.3) is 0 Å². The van der Waals surface area contributed by atoms with E-state index in [-0.39, 0.29) is 49.1 Å². The number of aryl methyl sites for hydroxylation is 2. The number of nitrogens with zero attached hydrogens (tertiary/aromatic N) is 6. The Morgan fingerprint density at radius 2 is 1.18 bits per heavy atom. The fraction of sp³-hybridized carbons (Fsp3) is 0.429. The van der Waals surface area contributed by atoms with Gasteiger partial charge in [-0.15, -0.1) is 0 Å². The van der Waals surface area contributed by atoms with Gasteiger partial charge in [0, 0.05) is 24.0 Å². The van der Waals surface area contributed by atoms with Gasteiger partial charge in [-0.05, 0) is 57.4 Å². The fourth-order valence-electron chi connectivity index (χ4n) is 5.01. The van der Waals surface area contributed by atoms with Crippen LogP contribution in [0.3, 0.4) is 0 Å².